The van der Waals surface area contributed by atoms with Crippen LogP contribution in [-0.2, 0) is 13.0 Å². The molecule has 0 aliphatic rings. The minimum atomic E-state index is -0.356. The molecular weight excluding hydrogens is 411 g/mol. The van der Waals surface area contributed by atoms with Crippen LogP contribution in [0.25, 0.3) is 5.65 Å². The number of carbonyl (C=O) groups is 1. The summed E-state index contributed by atoms with van der Waals surface area (Å²) < 4.78 is 15.9. The number of fused-ring (bicyclic) bond motifs is 1. The lowest BCUT2D eigenvalue weighted by molar-refractivity contribution is 0.0952. The predicted octanol–water partition coefficient (Wildman–Crippen LogP) is 4.72. The van der Waals surface area contributed by atoms with E-state index in [9.17, 15) is 9.18 Å². The first kappa shape index (κ1) is 19.5. The first-order valence-corrected chi connectivity index (χ1v) is 10.3. The van der Waals surface area contributed by atoms with Crippen LogP contribution in [0.4, 0.5) is 4.39 Å². The Bertz CT molecular complexity index is 1180. The van der Waals surface area contributed by atoms with Crippen molar-refractivity contribution in [2.75, 3.05) is 0 Å². The van der Waals surface area contributed by atoms with Crippen molar-refractivity contribution >= 4 is 34.5 Å². The van der Waals surface area contributed by atoms with Gasteiger partial charge in [0.15, 0.2) is 5.65 Å². The van der Waals surface area contributed by atoms with E-state index in [0.717, 1.165) is 16.1 Å². The second kappa shape index (κ2) is 7.93. The van der Waals surface area contributed by atoms with E-state index in [4.69, 9.17) is 11.6 Å². The summed E-state index contributed by atoms with van der Waals surface area (Å²) in [5.41, 5.74) is 3.64. The number of hydrogen-bond acceptors (Lipinski definition) is 4. The van der Waals surface area contributed by atoms with Gasteiger partial charge in [-0.3, -0.25) is 4.79 Å². The summed E-state index contributed by atoms with van der Waals surface area (Å²) in [7, 11) is 0. The molecule has 0 radical (unpaired) electrons. The minimum absolute atomic E-state index is 0.232. The molecule has 1 amide bonds. The van der Waals surface area contributed by atoms with E-state index in [1.165, 1.54) is 12.3 Å². The van der Waals surface area contributed by atoms with Crippen molar-refractivity contribution in [2.45, 2.75) is 26.8 Å². The number of halogens is 2. The third kappa shape index (κ3) is 3.75. The van der Waals surface area contributed by atoms with Gasteiger partial charge in [0.05, 0.1) is 12.7 Å². The number of thiophene rings is 1. The van der Waals surface area contributed by atoms with E-state index in [-0.39, 0.29) is 11.7 Å². The van der Waals surface area contributed by atoms with Crippen molar-refractivity contribution in [1.82, 2.24) is 19.9 Å². The molecule has 0 aliphatic heterocycles. The van der Waals surface area contributed by atoms with E-state index >= 15 is 0 Å². The molecule has 1 N–H and O–H groups in total. The van der Waals surface area contributed by atoms with Crippen molar-refractivity contribution < 1.29 is 9.18 Å². The molecule has 0 atom stereocenters. The lowest BCUT2D eigenvalue weighted by Gasteiger charge is -2.13. The standard InChI is InChI=1S/C21H18ClFN4OS/c1-12-15(9-16-18(22)6-3-7-19(16)23)13(2)27-20(26-12)17(11-25-27)21(28)24-10-14-5-4-8-29-14/h3-8,11H,9-10H2,1-2H3,(H,24,28). The molecule has 148 valence electrons. The minimum Gasteiger partial charge on any atom is -0.347 e. The van der Waals surface area contributed by atoms with E-state index < -0.39 is 0 Å². The molecular formula is C21H18ClFN4OS. The van der Waals surface area contributed by atoms with E-state index in [1.807, 2.05) is 31.4 Å². The molecule has 4 rings (SSSR count). The van der Waals surface area contributed by atoms with Crippen LogP contribution in [0.3, 0.4) is 0 Å². The van der Waals surface area contributed by atoms with Crippen molar-refractivity contribution in [3.8, 4) is 0 Å². The van der Waals surface area contributed by atoms with E-state index in [2.05, 4.69) is 15.4 Å². The van der Waals surface area contributed by atoms with Gasteiger partial charge in [0.1, 0.15) is 11.4 Å². The number of aryl methyl sites for hydroxylation is 2. The van der Waals surface area contributed by atoms with Crippen molar-refractivity contribution in [1.29, 1.82) is 0 Å². The molecule has 0 saturated heterocycles. The lowest BCUT2D eigenvalue weighted by Crippen LogP contribution is -2.22. The van der Waals surface area contributed by atoms with Crippen molar-refractivity contribution in [3.05, 3.63) is 85.7 Å². The number of rotatable bonds is 5. The van der Waals surface area contributed by atoms with Gasteiger partial charge in [-0.1, -0.05) is 23.7 Å². The molecule has 0 fully saturated rings. The first-order chi connectivity index (χ1) is 14.0. The zero-order valence-electron chi connectivity index (χ0n) is 15.9. The molecule has 0 saturated carbocycles. The molecule has 5 nitrogen and oxygen atoms in total. The van der Waals surface area contributed by atoms with Crippen LogP contribution in [0.5, 0.6) is 0 Å². The smallest absolute Gasteiger partial charge is 0.257 e. The number of nitrogens with zero attached hydrogens (tertiary/aromatic N) is 3. The van der Waals surface area contributed by atoms with Crippen molar-refractivity contribution in [3.63, 3.8) is 0 Å². The highest BCUT2D eigenvalue weighted by Gasteiger charge is 2.19. The van der Waals surface area contributed by atoms with Gasteiger partial charge in [0.2, 0.25) is 0 Å². The Morgan fingerprint density at radius 2 is 2.07 bits per heavy atom. The summed E-state index contributed by atoms with van der Waals surface area (Å²) in [5, 5.41) is 9.58. The lowest BCUT2D eigenvalue weighted by atomic mass is 10.0. The number of benzene rings is 1. The molecule has 0 spiro atoms. The predicted molar refractivity (Wildman–Crippen MR) is 112 cm³/mol. The first-order valence-electron chi connectivity index (χ1n) is 9.03. The van der Waals surface area contributed by atoms with Gasteiger partial charge in [-0.25, -0.2) is 13.9 Å². The summed E-state index contributed by atoms with van der Waals surface area (Å²) in [4.78, 5) is 18.3. The fraction of sp³-hybridized carbons (Fsp3) is 0.190. The Balaban J connectivity index is 1.67. The maximum Gasteiger partial charge on any atom is 0.257 e. The SMILES string of the molecule is Cc1nc2c(C(=O)NCc3cccs3)cnn2c(C)c1Cc1c(F)cccc1Cl. The molecule has 3 heterocycles. The largest absolute Gasteiger partial charge is 0.347 e. The molecule has 29 heavy (non-hydrogen) atoms. The van der Waals surface area contributed by atoms with Gasteiger partial charge < -0.3 is 5.32 Å². The highest BCUT2D eigenvalue weighted by atomic mass is 35.5. The van der Waals surface area contributed by atoms with E-state index in [1.54, 1.807) is 28.0 Å². The van der Waals surface area contributed by atoms with Gasteiger partial charge in [0.25, 0.3) is 5.91 Å². The maximum atomic E-state index is 14.2. The van der Waals surface area contributed by atoms with Gasteiger partial charge in [0, 0.05) is 33.3 Å². The number of hydrogen-bond donors (Lipinski definition) is 1. The third-order valence-electron chi connectivity index (χ3n) is 4.87. The topological polar surface area (TPSA) is 59.3 Å². The molecule has 1 aromatic carbocycles. The van der Waals surface area contributed by atoms with Crippen LogP contribution < -0.4 is 5.32 Å². The number of aromatic nitrogens is 3. The Hall–Kier alpha value is -2.77. The maximum absolute atomic E-state index is 14.2. The quantitative estimate of drug-likeness (QED) is 0.500. The van der Waals surface area contributed by atoms with Crippen LogP contribution >= 0.6 is 22.9 Å². The number of carbonyl (C=O) groups excluding carboxylic acids is 1. The second-order valence-electron chi connectivity index (χ2n) is 6.69. The monoisotopic (exact) mass is 428 g/mol. The summed E-state index contributed by atoms with van der Waals surface area (Å²) in [5.74, 6) is -0.588. The highest BCUT2D eigenvalue weighted by molar-refractivity contribution is 7.09. The Morgan fingerprint density at radius 1 is 1.24 bits per heavy atom. The fourth-order valence-electron chi connectivity index (χ4n) is 3.28. The van der Waals surface area contributed by atoms with Crippen LogP contribution in [0.1, 0.15) is 37.7 Å². The van der Waals surface area contributed by atoms with Crippen LogP contribution in [0.2, 0.25) is 5.02 Å². The fourth-order valence-corrected chi connectivity index (χ4v) is 4.16. The summed E-state index contributed by atoms with van der Waals surface area (Å²) in [6.45, 7) is 4.18. The van der Waals surface area contributed by atoms with Gasteiger partial charge in [-0.05, 0) is 43.0 Å². The highest BCUT2D eigenvalue weighted by Crippen LogP contribution is 2.26. The zero-order chi connectivity index (χ0) is 20.5. The second-order valence-corrected chi connectivity index (χ2v) is 8.13. The van der Waals surface area contributed by atoms with Crippen LogP contribution in [-0.4, -0.2) is 20.5 Å². The molecule has 4 aromatic rings. The summed E-state index contributed by atoms with van der Waals surface area (Å²) >= 11 is 7.77. The number of nitrogens with one attached hydrogen (secondary N) is 1. The van der Waals surface area contributed by atoms with E-state index in [0.29, 0.717) is 40.5 Å². The molecule has 0 aliphatic carbocycles. The summed E-state index contributed by atoms with van der Waals surface area (Å²) in [6, 6.07) is 8.55. The Labute approximate surface area is 176 Å². The average Bonchev–Trinajstić information content (AvgIpc) is 3.35. The third-order valence-corrected chi connectivity index (χ3v) is 6.10. The molecule has 3 aromatic heterocycles. The zero-order valence-corrected chi connectivity index (χ0v) is 17.4. The number of amides is 1. The molecule has 8 heteroatoms. The van der Waals surface area contributed by atoms with Gasteiger partial charge >= 0.3 is 0 Å². The van der Waals surface area contributed by atoms with Gasteiger partial charge in [-0.15, -0.1) is 11.3 Å². The van der Waals surface area contributed by atoms with Gasteiger partial charge in [-0.2, -0.15) is 5.10 Å². The summed E-state index contributed by atoms with van der Waals surface area (Å²) in [6.07, 6.45) is 1.81. The van der Waals surface area contributed by atoms with Crippen molar-refractivity contribution in [2.24, 2.45) is 0 Å². The van der Waals surface area contributed by atoms with Crippen LogP contribution in [0.15, 0.2) is 41.9 Å². The normalized spacial score (nSPS) is 11.2. The molecule has 0 unspecified atom stereocenters. The Kier molecular flexibility index (Phi) is 5.34. The molecule has 0 bridgehead atoms. The Morgan fingerprint density at radius 3 is 2.79 bits per heavy atom. The average molecular weight is 429 g/mol. The van der Waals surface area contributed by atoms with Crippen LogP contribution in [0, 0.1) is 19.7 Å².